The predicted molar refractivity (Wildman–Crippen MR) is 112 cm³/mol. The normalized spacial score (nSPS) is 10.8. The molecular formula is C19H14ClN5OS2. The van der Waals surface area contributed by atoms with Crippen molar-refractivity contribution in [2.75, 3.05) is 5.32 Å². The van der Waals surface area contributed by atoms with Gasteiger partial charge in [0.15, 0.2) is 4.34 Å². The molecule has 6 nitrogen and oxygen atoms in total. The van der Waals surface area contributed by atoms with Crippen LogP contribution in [-0.4, -0.2) is 25.9 Å². The van der Waals surface area contributed by atoms with Gasteiger partial charge in [0.25, 0.3) is 5.91 Å². The fourth-order valence-corrected chi connectivity index (χ4v) is 4.36. The zero-order chi connectivity index (χ0) is 19.5. The lowest BCUT2D eigenvalue weighted by molar-refractivity contribution is 0.102. The molecule has 4 rings (SSSR count). The van der Waals surface area contributed by atoms with E-state index in [0.29, 0.717) is 16.3 Å². The van der Waals surface area contributed by atoms with E-state index in [4.69, 9.17) is 11.6 Å². The van der Waals surface area contributed by atoms with Crippen molar-refractivity contribution >= 4 is 46.3 Å². The number of carbonyl (C=O) groups excluding carboxylic acids is 1. The molecule has 2 heterocycles. The number of nitrogens with one attached hydrogen (secondary N) is 1. The predicted octanol–water partition coefficient (Wildman–Crippen LogP) is 5.09. The fourth-order valence-electron chi connectivity index (χ4n) is 2.65. The first kappa shape index (κ1) is 18.7. The van der Waals surface area contributed by atoms with Crippen LogP contribution in [0, 0.1) is 6.92 Å². The van der Waals surface area contributed by atoms with Crippen LogP contribution in [0.4, 0.5) is 5.69 Å². The molecule has 0 atom stereocenters. The Morgan fingerprint density at radius 2 is 2.07 bits per heavy atom. The Bertz CT molecular complexity index is 1130. The number of amides is 1. The zero-order valence-corrected chi connectivity index (χ0v) is 17.1. The average Bonchev–Trinajstić information content (AvgIpc) is 3.33. The third-order valence-electron chi connectivity index (χ3n) is 3.98. The molecule has 140 valence electrons. The van der Waals surface area contributed by atoms with Crippen molar-refractivity contribution in [3.8, 4) is 5.69 Å². The molecule has 0 spiro atoms. The number of hydrogen-bond donors (Lipinski definition) is 1. The van der Waals surface area contributed by atoms with Gasteiger partial charge in [-0.2, -0.15) is 5.10 Å². The average molecular weight is 428 g/mol. The van der Waals surface area contributed by atoms with Crippen LogP contribution in [0.2, 0.25) is 5.02 Å². The zero-order valence-electron chi connectivity index (χ0n) is 14.7. The van der Waals surface area contributed by atoms with Gasteiger partial charge in [0.05, 0.1) is 28.8 Å². The van der Waals surface area contributed by atoms with Gasteiger partial charge >= 0.3 is 0 Å². The van der Waals surface area contributed by atoms with Gasteiger partial charge in [0.2, 0.25) is 0 Å². The fraction of sp³-hybridized carbons (Fsp3) is 0.0526. The van der Waals surface area contributed by atoms with E-state index in [9.17, 15) is 4.79 Å². The molecule has 0 bridgehead atoms. The first-order valence-corrected chi connectivity index (χ1v) is 10.3. The number of rotatable bonds is 5. The van der Waals surface area contributed by atoms with Gasteiger partial charge in [-0.3, -0.25) is 4.79 Å². The molecule has 0 aliphatic heterocycles. The molecule has 9 heteroatoms. The van der Waals surface area contributed by atoms with Gasteiger partial charge in [-0.1, -0.05) is 52.9 Å². The van der Waals surface area contributed by atoms with E-state index in [1.54, 1.807) is 28.5 Å². The summed E-state index contributed by atoms with van der Waals surface area (Å²) in [6.07, 6.45) is 1.56. The van der Waals surface area contributed by atoms with Crippen molar-refractivity contribution in [1.82, 2.24) is 20.0 Å². The van der Waals surface area contributed by atoms with Crippen LogP contribution in [-0.2, 0) is 0 Å². The van der Waals surface area contributed by atoms with E-state index in [0.717, 1.165) is 20.6 Å². The third-order valence-corrected chi connectivity index (χ3v) is 6.07. The van der Waals surface area contributed by atoms with Crippen LogP contribution < -0.4 is 5.32 Å². The molecule has 1 amide bonds. The Kier molecular flexibility index (Phi) is 5.43. The molecule has 0 aliphatic carbocycles. The van der Waals surface area contributed by atoms with E-state index in [-0.39, 0.29) is 5.91 Å². The van der Waals surface area contributed by atoms with Gasteiger partial charge in [0.1, 0.15) is 5.51 Å². The van der Waals surface area contributed by atoms with E-state index in [1.165, 1.54) is 23.1 Å². The van der Waals surface area contributed by atoms with Gasteiger partial charge in [0, 0.05) is 9.92 Å². The monoisotopic (exact) mass is 427 g/mol. The summed E-state index contributed by atoms with van der Waals surface area (Å²) in [6.45, 7) is 1.85. The molecule has 0 fully saturated rings. The maximum Gasteiger partial charge on any atom is 0.259 e. The van der Waals surface area contributed by atoms with Gasteiger partial charge in [-0.15, -0.1) is 10.2 Å². The molecule has 28 heavy (non-hydrogen) atoms. The van der Waals surface area contributed by atoms with Gasteiger partial charge in [-0.05, 0) is 37.3 Å². The molecule has 0 unspecified atom stereocenters. The summed E-state index contributed by atoms with van der Waals surface area (Å²) in [5.41, 5.74) is 4.42. The Hall–Kier alpha value is -2.68. The van der Waals surface area contributed by atoms with Crippen molar-refractivity contribution in [3.63, 3.8) is 0 Å². The lowest BCUT2D eigenvalue weighted by Gasteiger charge is -2.10. The number of carbonyl (C=O) groups is 1. The Morgan fingerprint density at radius 3 is 2.86 bits per heavy atom. The number of benzene rings is 2. The van der Waals surface area contributed by atoms with Crippen LogP contribution in [0.25, 0.3) is 5.69 Å². The topological polar surface area (TPSA) is 72.7 Å². The standard InChI is InChI=1S/C19H14ClN5OS2/c1-12-15(10-22-25(12)14-6-4-5-13(20)9-14)18(26)23-16-7-2-3-8-17(16)28-19-24-21-11-27-19/h2-11H,1H3,(H,23,26). The number of para-hydroxylation sites is 1. The maximum absolute atomic E-state index is 12.9. The van der Waals surface area contributed by atoms with E-state index < -0.39 is 0 Å². The van der Waals surface area contributed by atoms with Crippen molar-refractivity contribution in [2.24, 2.45) is 0 Å². The largest absolute Gasteiger partial charge is 0.321 e. The van der Waals surface area contributed by atoms with Crippen LogP contribution in [0.5, 0.6) is 0 Å². The summed E-state index contributed by atoms with van der Waals surface area (Å²) in [4.78, 5) is 13.8. The SMILES string of the molecule is Cc1c(C(=O)Nc2ccccc2Sc2nncs2)cnn1-c1cccc(Cl)c1. The molecule has 2 aromatic carbocycles. The first-order valence-electron chi connectivity index (χ1n) is 8.27. The summed E-state index contributed by atoms with van der Waals surface area (Å²) in [5, 5.41) is 15.8. The quantitative estimate of drug-likeness (QED) is 0.480. The minimum Gasteiger partial charge on any atom is -0.321 e. The molecule has 0 saturated heterocycles. The van der Waals surface area contributed by atoms with E-state index >= 15 is 0 Å². The van der Waals surface area contributed by atoms with Crippen LogP contribution >= 0.6 is 34.7 Å². The minimum absolute atomic E-state index is 0.226. The Balaban J connectivity index is 1.58. The second-order valence-corrected chi connectivity index (χ2v) is 8.35. The number of anilines is 1. The second-order valence-electron chi connectivity index (χ2n) is 5.79. The molecule has 1 N–H and O–H groups in total. The summed E-state index contributed by atoms with van der Waals surface area (Å²) in [5.74, 6) is -0.226. The summed E-state index contributed by atoms with van der Waals surface area (Å²) in [6, 6.07) is 14.9. The Morgan fingerprint density at radius 1 is 1.21 bits per heavy atom. The lowest BCUT2D eigenvalue weighted by atomic mass is 10.2. The lowest BCUT2D eigenvalue weighted by Crippen LogP contribution is -2.13. The summed E-state index contributed by atoms with van der Waals surface area (Å²) >= 11 is 8.98. The van der Waals surface area contributed by atoms with Crippen molar-refractivity contribution in [3.05, 3.63) is 76.5 Å². The smallest absolute Gasteiger partial charge is 0.259 e. The molecule has 0 radical (unpaired) electrons. The second kappa shape index (κ2) is 8.14. The highest BCUT2D eigenvalue weighted by molar-refractivity contribution is 8.01. The summed E-state index contributed by atoms with van der Waals surface area (Å²) < 4.78 is 2.51. The maximum atomic E-state index is 12.9. The summed E-state index contributed by atoms with van der Waals surface area (Å²) in [7, 11) is 0. The van der Waals surface area contributed by atoms with Gasteiger partial charge in [-0.25, -0.2) is 4.68 Å². The first-order chi connectivity index (χ1) is 13.6. The molecule has 0 aliphatic rings. The Labute approximate surface area is 174 Å². The van der Waals surface area contributed by atoms with E-state index in [2.05, 4.69) is 20.6 Å². The third kappa shape index (κ3) is 3.94. The van der Waals surface area contributed by atoms with Crippen LogP contribution in [0.15, 0.2) is 69.5 Å². The number of halogens is 1. The highest BCUT2D eigenvalue weighted by Crippen LogP contribution is 2.34. The minimum atomic E-state index is -0.226. The van der Waals surface area contributed by atoms with Crippen molar-refractivity contribution < 1.29 is 4.79 Å². The number of aromatic nitrogens is 4. The molecule has 4 aromatic rings. The van der Waals surface area contributed by atoms with Crippen molar-refractivity contribution in [2.45, 2.75) is 16.2 Å². The molecule has 2 aromatic heterocycles. The van der Waals surface area contributed by atoms with Crippen LogP contribution in [0.3, 0.4) is 0 Å². The highest BCUT2D eigenvalue weighted by atomic mass is 35.5. The van der Waals surface area contributed by atoms with Gasteiger partial charge < -0.3 is 5.32 Å². The number of nitrogens with zero attached hydrogens (tertiary/aromatic N) is 4. The molecular weight excluding hydrogens is 414 g/mol. The molecule has 0 saturated carbocycles. The van der Waals surface area contributed by atoms with Crippen molar-refractivity contribution in [1.29, 1.82) is 0 Å². The van der Waals surface area contributed by atoms with E-state index in [1.807, 2.05) is 43.3 Å². The number of hydrogen-bond acceptors (Lipinski definition) is 6. The van der Waals surface area contributed by atoms with Crippen LogP contribution in [0.1, 0.15) is 16.1 Å². The highest BCUT2D eigenvalue weighted by Gasteiger charge is 2.17.